The second-order valence-electron chi connectivity index (χ2n) is 8.10. The average molecular weight is 417 g/mol. The molecule has 3 rings (SSSR count). The molecule has 2 aromatic carbocycles. The van der Waals surface area contributed by atoms with Crippen LogP contribution in [-0.2, 0) is 4.74 Å². The molecule has 1 fully saturated rings. The van der Waals surface area contributed by atoms with E-state index in [1.165, 1.54) is 56.5 Å². The second kappa shape index (κ2) is 12.1. The Morgan fingerprint density at radius 3 is 1.73 bits per heavy atom. The normalized spacial score (nSPS) is 15.7. The molecule has 1 heterocycles. The average Bonchev–Trinajstić information content (AvgIpc) is 2.77. The zero-order valence-electron chi connectivity index (χ0n) is 18.0. The van der Waals surface area contributed by atoms with Crippen LogP contribution in [0.5, 0.6) is 0 Å². The van der Waals surface area contributed by atoms with E-state index in [9.17, 15) is 8.78 Å². The predicted molar refractivity (Wildman–Crippen MR) is 118 cm³/mol. The summed E-state index contributed by atoms with van der Waals surface area (Å²) in [5.41, 5.74) is 1.75. The number of unbranched alkanes of at least 4 members (excludes halogenated alkanes) is 3. The molecule has 2 aromatic rings. The van der Waals surface area contributed by atoms with E-state index in [0.29, 0.717) is 6.61 Å². The molecule has 0 saturated carbocycles. The Morgan fingerprint density at radius 2 is 1.23 bits per heavy atom. The lowest BCUT2D eigenvalue weighted by Gasteiger charge is -2.35. The van der Waals surface area contributed by atoms with Crippen molar-refractivity contribution in [2.24, 2.45) is 0 Å². The van der Waals surface area contributed by atoms with Crippen molar-refractivity contribution in [1.82, 2.24) is 9.80 Å². The van der Waals surface area contributed by atoms with Crippen molar-refractivity contribution in [3.63, 3.8) is 0 Å². The number of halogens is 2. The molecule has 0 aliphatic carbocycles. The predicted octanol–water partition coefficient (Wildman–Crippen LogP) is 5.27. The summed E-state index contributed by atoms with van der Waals surface area (Å²) in [4.78, 5) is 5.00. The van der Waals surface area contributed by atoms with E-state index in [1.807, 2.05) is 0 Å². The summed E-state index contributed by atoms with van der Waals surface area (Å²) in [6.07, 6.45) is 4.92. The molecule has 0 aromatic heterocycles. The van der Waals surface area contributed by atoms with Crippen LogP contribution in [0.15, 0.2) is 48.5 Å². The number of rotatable bonds is 11. The van der Waals surface area contributed by atoms with Crippen molar-refractivity contribution < 1.29 is 13.5 Å². The number of hydrogen-bond acceptors (Lipinski definition) is 3. The third kappa shape index (κ3) is 7.15. The van der Waals surface area contributed by atoms with Gasteiger partial charge in [0.25, 0.3) is 0 Å². The molecule has 1 aliphatic rings. The van der Waals surface area contributed by atoms with Crippen LogP contribution in [0.4, 0.5) is 8.78 Å². The summed E-state index contributed by atoms with van der Waals surface area (Å²) in [5.74, 6) is -0.548. The molecular formula is C25H34F2N2O. The molecule has 164 valence electrons. The molecule has 30 heavy (non-hydrogen) atoms. The van der Waals surface area contributed by atoms with E-state index in [1.54, 1.807) is 24.3 Å². The summed E-state index contributed by atoms with van der Waals surface area (Å²) in [7, 11) is 0. The largest absolute Gasteiger partial charge is 0.367 e. The highest BCUT2D eigenvalue weighted by Gasteiger charge is 2.19. The topological polar surface area (TPSA) is 15.7 Å². The van der Waals surface area contributed by atoms with Gasteiger partial charge in [-0.15, -0.1) is 0 Å². The first kappa shape index (κ1) is 22.9. The highest BCUT2D eigenvalue weighted by Crippen LogP contribution is 2.26. The van der Waals surface area contributed by atoms with Gasteiger partial charge in [0.05, 0.1) is 6.61 Å². The molecule has 0 bridgehead atoms. The highest BCUT2D eigenvalue weighted by molar-refractivity contribution is 5.30. The van der Waals surface area contributed by atoms with Crippen LogP contribution < -0.4 is 0 Å². The van der Waals surface area contributed by atoms with Crippen LogP contribution in [0.2, 0.25) is 0 Å². The quantitative estimate of drug-likeness (QED) is 0.464. The summed E-state index contributed by atoms with van der Waals surface area (Å²) >= 11 is 0. The maximum Gasteiger partial charge on any atom is 0.123 e. The fourth-order valence-corrected chi connectivity index (χ4v) is 3.96. The molecule has 0 amide bonds. The monoisotopic (exact) mass is 416 g/mol. The van der Waals surface area contributed by atoms with Crippen molar-refractivity contribution >= 4 is 0 Å². The summed E-state index contributed by atoms with van der Waals surface area (Å²) in [6.45, 7) is 9.26. The first-order valence-electron chi connectivity index (χ1n) is 11.2. The minimum atomic E-state index is -0.328. The lowest BCUT2D eigenvalue weighted by Crippen LogP contribution is -2.47. The Labute approximate surface area is 179 Å². The van der Waals surface area contributed by atoms with Gasteiger partial charge in [-0.1, -0.05) is 50.5 Å². The number of ether oxygens (including phenoxy) is 1. The molecule has 0 spiro atoms. The van der Waals surface area contributed by atoms with Gasteiger partial charge in [-0.2, -0.15) is 0 Å². The molecule has 0 radical (unpaired) electrons. The van der Waals surface area contributed by atoms with Crippen LogP contribution >= 0.6 is 0 Å². The molecule has 3 nitrogen and oxygen atoms in total. The van der Waals surface area contributed by atoms with Gasteiger partial charge in [-0.3, -0.25) is 4.90 Å². The SMILES string of the molecule is CCCCCCN1CCN(CCOC(c2ccc(F)cc2)c2ccc(F)cc2)CC1. The van der Waals surface area contributed by atoms with Crippen LogP contribution in [0.25, 0.3) is 0 Å². The van der Waals surface area contributed by atoms with E-state index in [2.05, 4.69) is 16.7 Å². The van der Waals surface area contributed by atoms with Gasteiger partial charge in [0, 0.05) is 32.7 Å². The van der Waals surface area contributed by atoms with Gasteiger partial charge < -0.3 is 9.64 Å². The maximum atomic E-state index is 13.3. The van der Waals surface area contributed by atoms with Crippen LogP contribution in [0, 0.1) is 11.6 Å². The Kier molecular flexibility index (Phi) is 9.25. The fourth-order valence-electron chi connectivity index (χ4n) is 3.96. The van der Waals surface area contributed by atoms with Crippen molar-refractivity contribution in [2.45, 2.75) is 38.7 Å². The van der Waals surface area contributed by atoms with Crippen LogP contribution in [-0.4, -0.2) is 55.7 Å². The van der Waals surface area contributed by atoms with Crippen molar-refractivity contribution in [3.8, 4) is 0 Å². The van der Waals surface area contributed by atoms with E-state index in [-0.39, 0.29) is 17.7 Å². The molecule has 0 unspecified atom stereocenters. The third-order valence-corrected chi connectivity index (χ3v) is 5.83. The molecule has 1 saturated heterocycles. The van der Waals surface area contributed by atoms with E-state index in [0.717, 1.165) is 43.9 Å². The maximum absolute atomic E-state index is 13.3. The number of piperazine rings is 1. The second-order valence-corrected chi connectivity index (χ2v) is 8.10. The van der Waals surface area contributed by atoms with Gasteiger partial charge in [0.15, 0.2) is 0 Å². The van der Waals surface area contributed by atoms with Gasteiger partial charge in [0.2, 0.25) is 0 Å². The Morgan fingerprint density at radius 1 is 0.733 bits per heavy atom. The van der Waals surface area contributed by atoms with Crippen LogP contribution in [0.1, 0.15) is 49.8 Å². The molecule has 0 atom stereocenters. The summed E-state index contributed by atoms with van der Waals surface area (Å²) in [5, 5.41) is 0. The van der Waals surface area contributed by atoms with E-state index in [4.69, 9.17) is 4.74 Å². The summed E-state index contributed by atoms with van der Waals surface area (Å²) < 4.78 is 32.9. The van der Waals surface area contributed by atoms with Crippen molar-refractivity contribution in [3.05, 3.63) is 71.3 Å². The Hall–Kier alpha value is -1.82. The van der Waals surface area contributed by atoms with Crippen LogP contribution in [0.3, 0.4) is 0 Å². The molecule has 0 N–H and O–H groups in total. The first-order valence-corrected chi connectivity index (χ1v) is 11.2. The van der Waals surface area contributed by atoms with E-state index >= 15 is 0 Å². The zero-order chi connectivity index (χ0) is 21.2. The molecule has 5 heteroatoms. The number of nitrogens with zero attached hydrogens (tertiary/aromatic N) is 2. The Balaban J connectivity index is 1.48. The van der Waals surface area contributed by atoms with Crippen molar-refractivity contribution in [2.75, 3.05) is 45.9 Å². The Bertz CT molecular complexity index is 682. The molecule has 1 aliphatic heterocycles. The lowest BCUT2D eigenvalue weighted by atomic mass is 10.0. The van der Waals surface area contributed by atoms with Gasteiger partial charge in [-0.25, -0.2) is 8.78 Å². The van der Waals surface area contributed by atoms with E-state index < -0.39 is 0 Å². The third-order valence-electron chi connectivity index (χ3n) is 5.83. The highest BCUT2D eigenvalue weighted by atomic mass is 19.1. The number of hydrogen-bond donors (Lipinski definition) is 0. The standard InChI is InChI=1S/C25H34F2N2O/c1-2-3-4-5-14-28-15-17-29(18-16-28)19-20-30-25(21-6-10-23(26)11-7-21)22-8-12-24(27)13-9-22/h6-13,25H,2-5,14-20H2,1H3. The lowest BCUT2D eigenvalue weighted by molar-refractivity contribution is 0.0450. The first-order chi connectivity index (χ1) is 14.7. The minimum Gasteiger partial charge on any atom is -0.367 e. The van der Waals surface area contributed by atoms with Crippen molar-refractivity contribution in [1.29, 1.82) is 0 Å². The van der Waals surface area contributed by atoms with Gasteiger partial charge in [-0.05, 0) is 48.4 Å². The van der Waals surface area contributed by atoms with Gasteiger partial charge in [0.1, 0.15) is 17.7 Å². The number of benzene rings is 2. The smallest absolute Gasteiger partial charge is 0.123 e. The minimum absolute atomic E-state index is 0.274. The van der Waals surface area contributed by atoms with Gasteiger partial charge >= 0.3 is 0 Å². The fraction of sp³-hybridized carbons (Fsp3) is 0.520. The molecular weight excluding hydrogens is 382 g/mol. The zero-order valence-corrected chi connectivity index (χ0v) is 18.0. The summed E-state index contributed by atoms with van der Waals surface area (Å²) in [6, 6.07) is 12.7.